The van der Waals surface area contributed by atoms with Gasteiger partial charge in [0.05, 0.1) is 20.8 Å². The molecule has 7 heteroatoms. The molecule has 0 N–H and O–H groups in total. The molecule has 0 aliphatic rings. The number of rotatable bonds is 8. The van der Waals surface area contributed by atoms with Gasteiger partial charge in [-0.3, -0.25) is 0 Å². The lowest BCUT2D eigenvalue weighted by atomic mass is 10.1. The van der Waals surface area contributed by atoms with E-state index in [4.69, 9.17) is 21.1 Å². The van der Waals surface area contributed by atoms with Crippen molar-refractivity contribution in [1.82, 2.24) is 0 Å². The lowest BCUT2D eigenvalue weighted by molar-refractivity contribution is -0.143. The van der Waals surface area contributed by atoms with Crippen LogP contribution >= 0.6 is 11.6 Å². The summed E-state index contributed by atoms with van der Waals surface area (Å²) in [7, 11) is 2.39. The van der Waals surface area contributed by atoms with E-state index in [1.807, 2.05) is 19.1 Å². The number of esters is 2. The average Bonchev–Trinajstić information content (AvgIpc) is 2.71. The van der Waals surface area contributed by atoms with Crippen molar-refractivity contribution in [1.29, 1.82) is 0 Å². The highest BCUT2D eigenvalue weighted by Crippen LogP contribution is 2.30. The Bertz CT molecular complexity index is 840. The largest absolute Gasteiger partial charge is 0.490 e. The van der Waals surface area contributed by atoms with Crippen LogP contribution in [0.1, 0.15) is 18.1 Å². The summed E-state index contributed by atoms with van der Waals surface area (Å²) in [6.07, 6.45) is 1.38. The van der Waals surface area contributed by atoms with Gasteiger partial charge in [-0.25, -0.2) is 9.59 Å². The maximum absolute atomic E-state index is 11.8. The van der Waals surface area contributed by atoms with Gasteiger partial charge in [-0.05, 0) is 48.4 Å². The van der Waals surface area contributed by atoms with Gasteiger partial charge in [0.2, 0.25) is 0 Å². The Balaban J connectivity index is 2.27. The summed E-state index contributed by atoms with van der Waals surface area (Å²) >= 11 is 5.89. The van der Waals surface area contributed by atoms with Gasteiger partial charge in [-0.1, -0.05) is 29.8 Å². The van der Waals surface area contributed by atoms with Crippen LogP contribution in [0, 0.1) is 0 Å². The van der Waals surface area contributed by atoms with Crippen LogP contribution in [0.2, 0.25) is 5.02 Å². The number of hydrogen-bond acceptors (Lipinski definition) is 6. The Hall–Kier alpha value is -2.99. The van der Waals surface area contributed by atoms with Gasteiger partial charge in [-0.15, -0.1) is 0 Å². The molecule has 0 atom stereocenters. The van der Waals surface area contributed by atoms with E-state index in [0.717, 1.165) is 5.56 Å². The van der Waals surface area contributed by atoms with Crippen molar-refractivity contribution in [2.45, 2.75) is 13.5 Å². The molecule has 0 unspecified atom stereocenters. The van der Waals surface area contributed by atoms with Gasteiger partial charge in [0.25, 0.3) is 0 Å². The van der Waals surface area contributed by atoms with Crippen LogP contribution in [0.3, 0.4) is 0 Å². The summed E-state index contributed by atoms with van der Waals surface area (Å²) in [5, 5.41) is 0.655. The molecular weight excluding hydrogens is 384 g/mol. The zero-order chi connectivity index (χ0) is 20.5. The first-order valence-electron chi connectivity index (χ1n) is 8.50. The molecule has 2 aromatic rings. The molecule has 0 amide bonds. The maximum atomic E-state index is 11.8. The highest BCUT2D eigenvalue weighted by atomic mass is 35.5. The van der Waals surface area contributed by atoms with E-state index in [-0.39, 0.29) is 5.57 Å². The highest BCUT2D eigenvalue weighted by molar-refractivity contribution is 6.30. The van der Waals surface area contributed by atoms with E-state index < -0.39 is 11.9 Å². The van der Waals surface area contributed by atoms with Crippen molar-refractivity contribution in [3.05, 3.63) is 64.2 Å². The maximum Gasteiger partial charge on any atom is 0.345 e. The summed E-state index contributed by atoms with van der Waals surface area (Å²) in [5.41, 5.74) is 1.30. The average molecular weight is 405 g/mol. The van der Waals surface area contributed by atoms with Crippen LogP contribution in [0.25, 0.3) is 6.08 Å². The second-order valence-corrected chi connectivity index (χ2v) is 6.03. The van der Waals surface area contributed by atoms with Crippen LogP contribution in [-0.4, -0.2) is 32.8 Å². The third-order valence-corrected chi connectivity index (χ3v) is 3.95. The van der Waals surface area contributed by atoms with Crippen LogP contribution in [0.5, 0.6) is 11.5 Å². The van der Waals surface area contributed by atoms with E-state index in [1.165, 1.54) is 20.3 Å². The van der Waals surface area contributed by atoms with E-state index >= 15 is 0 Å². The standard InChI is InChI=1S/C21H21ClO6/c1-4-27-19-12-15(11-17(20(23)25-2)21(24)26-3)7-10-18(19)28-13-14-5-8-16(22)9-6-14/h5-12H,4,13H2,1-3H3. The van der Waals surface area contributed by atoms with Crippen molar-refractivity contribution in [2.75, 3.05) is 20.8 Å². The molecule has 0 saturated carbocycles. The van der Waals surface area contributed by atoms with Crippen molar-refractivity contribution >= 4 is 29.6 Å². The normalized spacial score (nSPS) is 10.0. The number of carbonyl (C=O) groups excluding carboxylic acids is 2. The summed E-state index contributed by atoms with van der Waals surface area (Å²) in [6.45, 7) is 2.60. The third-order valence-electron chi connectivity index (χ3n) is 3.70. The van der Waals surface area contributed by atoms with Gasteiger partial charge in [-0.2, -0.15) is 0 Å². The first-order valence-corrected chi connectivity index (χ1v) is 8.88. The Labute approximate surface area is 168 Å². The third kappa shape index (κ3) is 5.76. The predicted octanol–water partition coefficient (Wildman–Crippen LogP) is 4.05. The molecule has 0 heterocycles. The fourth-order valence-corrected chi connectivity index (χ4v) is 2.46. The monoisotopic (exact) mass is 404 g/mol. The van der Waals surface area contributed by atoms with E-state index in [2.05, 4.69) is 9.47 Å². The second-order valence-electron chi connectivity index (χ2n) is 5.60. The van der Waals surface area contributed by atoms with Gasteiger partial charge in [0.1, 0.15) is 12.2 Å². The number of benzene rings is 2. The molecule has 0 fully saturated rings. The Kier molecular flexibility index (Phi) is 7.89. The summed E-state index contributed by atoms with van der Waals surface area (Å²) in [4.78, 5) is 23.6. The minimum absolute atomic E-state index is 0.220. The summed E-state index contributed by atoms with van der Waals surface area (Å²) < 4.78 is 20.7. The Morgan fingerprint density at radius 3 is 2.14 bits per heavy atom. The summed E-state index contributed by atoms with van der Waals surface area (Å²) in [5.74, 6) is -0.549. The molecule has 2 aromatic carbocycles. The zero-order valence-corrected chi connectivity index (χ0v) is 16.6. The number of carbonyl (C=O) groups is 2. The fraction of sp³-hybridized carbons (Fsp3) is 0.238. The summed E-state index contributed by atoms with van der Waals surface area (Å²) in [6, 6.07) is 12.4. The molecule has 28 heavy (non-hydrogen) atoms. The molecule has 2 rings (SSSR count). The number of hydrogen-bond donors (Lipinski definition) is 0. The molecule has 0 spiro atoms. The van der Waals surface area contributed by atoms with Crippen LogP contribution in [0.15, 0.2) is 48.0 Å². The van der Waals surface area contributed by atoms with Crippen LogP contribution in [0.4, 0.5) is 0 Å². The highest BCUT2D eigenvalue weighted by Gasteiger charge is 2.20. The lowest BCUT2D eigenvalue weighted by Gasteiger charge is -2.13. The molecule has 0 aliphatic heterocycles. The van der Waals surface area contributed by atoms with Crippen molar-refractivity contribution in [3.63, 3.8) is 0 Å². The van der Waals surface area contributed by atoms with E-state index in [9.17, 15) is 9.59 Å². The van der Waals surface area contributed by atoms with Crippen molar-refractivity contribution < 1.29 is 28.5 Å². The first kappa shape index (κ1) is 21.3. The number of halogens is 1. The molecule has 6 nitrogen and oxygen atoms in total. The van der Waals surface area contributed by atoms with E-state index in [1.54, 1.807) is 30.3 Å². The fourth-order valence-electron chi connectivity index (χ4n) is 2.33. The minimum atomic E-state index is -0.784. The van der Waals surface area contributed by atoms with Gasteiger partial charge < -0.3 is 18.9 Å². The molecule has 0 saturated heterocycles. The molecule has 148 valence electrons. The van der Waals surface area contributed by atoms with Gasteiger partial charge in [0, 0.05) is 5.02 Å². The van der Waals surface area contributed by atoms with Crippen molar-refractivity contribution in [2.24, 2.45) is 0 Å². The Morgan fingerprint density at radius 1 is 0.929 bits per heavy atom. The SMILES string of the molecule is CCOc1cc(C=C(C(=O)OC)C(=O)OC)ccc1OCc1ccc(Cl)cc1. The Morgan fingerprint density at radius 2 is 1.57 bits per heavy atom. The zero-order valence-electron chi connectivity index (χ0n) is 15.9. The number of methoxy groups -OCH3 is 2. The predicted molar refractivity (Wildman–Crippen MR) is 105 cm³/mol. The quantitative estimate of drug-likeness (QED) is 0.286. The van der Waals surface area contributed by atoms with E-state index in [0.29, 0.717) is 35.3 Å². The topological polar surface area (TPSA) is 71.1 Å². The smallest absolute Gasteiger partial charge is 0.345 e. The van der Waals surface area contributed by atoms with Gasteiger partial charge >= 0.3 is 11.9 Å². The molecule has 0 aromatic heterocycles. The molecule has 0 radical (unpaired) electrons. The van der Waals surface area contributed by atoms with Crippen LogP contribution < -0.4 is 9.47 Å². The van der Waals surface area contributed by atoms with Crippen molar-refractivity contribution in [3.8, 4) is 11.5 Å². The van der Waals surface area contributed by atoms with Crippen LogP contribution in [-0.2, 0) is 25.7 Å². The number of ether oxygens (including phenoxy) is 4. The lowest BCUT2D eigenvalue weighted by Crippen LogP contribution is -2.15. The molecular formula is C21H21ClO6. The minimum Gasteiger partial charge on any atom is -0.490 e. The molecule has 0 aliphatic carbocycles. The molecule has 0 bridgehead atoms. The van der Waals surface area contributed by atoms with Gasteiger partial charge in [0.15, 0.2) is 11.5 Å². The first-order chi connectivity index (χ1) is 13.5. The second kappa shape index (κ2) is 10.4.